The van der Waals surface area contributed by atoms with E-state index >= 15 is 0 Å². The molecule has 1 unspecified atom stereocenters. The molecule has 1 aliphatic rings. The molecule has 0 aliphatic heterocycles. The number of hydrogen-bond donors (Lipinski definition) is 0. The van der Waals surface area contributed by atoms with E-state index in [1.165, 1.54) is 31.6 Å². The Kier molecular flexibility index (Phi) is 6.63. The third-order valence-corrected chi connectivity index (χ3v) is 5.44. The van der Waals surface area contributed by atoms with Crippen LogP contribution in [0.3, 0.4) is 0 Å². The smallest absolute Gasteiger partial charge is 0.159 e. The molecule has 0 N–H and O–H groups in total. The summed E-state index contributed by atoms with van der Waals surface area (Å²) in [7, 11) is 0. The second kappa shape index (κ2) is 8.30. The molecule has 132 valence electrons. The van der Waals surface area contributed by atoms with Gasteiger partial charge in [0.2, 0.25) is 0 Å². The molecule has 1 fully saturated rings. The molecule has 0 heterocycles. The highest BCUT2D eigenvalue weighted by Gasteiger charge is 2.26. The molecular weight excluding hydrogens is 333 g/mol. The van der Waals surface area contributed by atoms with Crippen molar-refractivity contribution >= 4 is 11.6 Å². The van der Waals surface area contributed by atoms with E-state index < -0.39 is 6.18 Å². The fraction of sp³-hybridized carbons (Fsp3) is 0.600. The average Bonchev–Trinajstić information content (AvgIpc) is 2.53. The summed E-state index contributed by atoms with van der Waals surface area (Å²) in [4.78, 5) is 0. The molecule has 0 amide bonds. The SMILES string of the molecule is CCCC(C)C1CCC(c2ccc(C#CC(F)(F)F)c(Cl)c2)CC1. The molecule has 24 heavy (non-hydrogen) atoms. The zero-order valence-corrected chi connectivity index (χ0v) is 15.0. The highest BCUT2D eigenvalue weighted by atomic mass is 35.5. The lowest BCUT2D eigenvalue weighted by Crippen LogP contribution is -2.19. The zero-order valence-electron chi connectivity index (χ0n) is 14.2. The van der Waals surface area contributed by atoms with Gasteiger partial charge in [0.05, 0.1) is 5.02 Å². The molecule has 0 radical (unpaired) electrons. The Bertz CT molecular complexity index is 602. The first-order valence-corrected chi connectivity index (χ1v) is 9.07. The quantitative estimate of drug-likeness (QED) is 0.511. The Labute approximate surface area is 147 Å². The summed E-state index contributed by atoms with van der Waals surface area (Å²) in [6, 6.07) is 5.29. The second-order valence-corrected chi connectivity index (χ2v) is 7.27. The van der Waals surface area contributed by atoms with Crippen molar-refractivity contribution in [2.45, 2.75) is 64.5 Å². The van der Waals surface area contributed by atoms with Gasteiger partial charge in [-0.05, 0) is 61.1 Å². The molecule has 2 rings (SSSR count). The normalized spacial score (nSPS) is 22.6. The summed E-state index contributed by atoms with van der Waals surface area (Å²) in [6.07, 6.45) is 2.73. The molecule has 0 aromatic heterocycles. The topological polar surface area (TPSA) is 0 Å². The summed E-state index contributed by atoms with van der Waals surface area (Å²) in [5.74, 6) is 5.42. The van der Waals surface area contributed by atoms with Crippen LogP contribution in [0.4, 0.5) is 13.2 Å². The highest BCUT2D eigenvalue weighted by Crippen LogP contribution is 2.40. The molecule has 0 nitrogen and oxygen atoms in total. The van der Waals surface area contributed by atoms with E-state index in [1.807, 2.05) is 6.07 Å². The second-order valence-electron chi connectivity index (χ2n) is 6.86. The van der Waals surface area contributed by atoms with E-state index in [9.17, 15) is 13.2 Å². The summed E-state index contributed by atoms with van der Waals surface area (Å²) >= 11 is 6.13. The Balaban J connectivity index is 2.01. The van der Waals surface area contributed by atoms with Gasteiger partial charge in [0, 0.05) is 11.5 Å². The van der Waals surface area contributed by atoms with E-state index in [4.69, 9.17) is 11.6 Å². The molecule has 1 saturated carbocycles. The lowest BCUT2D eigenvalue weighted by Gasteiger charge is -2.32. The van der Waals surface area contributed by atoms with Crippen molar-refractivity contribution in [2.75, 3.05) is 0 Å². The van der Waals surface area contributed by atoms with Gasteiger partial charge in [-0.2, -0.15) is 13.2 Å². The van der Waals surface area contributed by atoms with Gasteiger partial charge in [0.25, 0.3) is 0 Å². The van der Waals surface area contributed by atoms with Gasteiger partial charge in [-0.25, -0.2) is 0 Å². The van der Waals surface area contributed by atoms with Gasteiger partial charge in [-0.1, -0.05) is 50.3 Å². The van der Waals surface area contributed by atoms with Crippen LogP contribution in [0.1, 0.15) is 69.4 Å². The van der Waals surface area contributed by atoms with Crippen molar-refractivity contribution in [3.8, 4) is 11.8 Å². The van der Waals surface area contributed by atoms with Crippen LogP contribution in [0, 0.1) is 23.7 Å². The first kappa shape index (κ1) is 19.2. The van der Waals surface area contributed by atoms with Crippen molar-refractivity contribution in [3.63, 3.8) is 0 Å². The van der Waals surface area contributed by atoms with Gasteiger partial charge in [-0.3, -0.25) is 0 Å². The number of hydrogen-bond acceptors (Lipinski definition) is 0. The molecule has 0 bridgehead atoms. The molecule has 1 aliphatic carbocycles. The maximum Gasteiger partial charge on any atom is 0.458 e. The van der Waals surface area contributed by atoms with E-state index in [-0.39, 0.29) is 5.56 Å². The number of benzene rings is 1. The standard InChI is InChI=1S/C20H24ClF3/c1-3-4-14(2)15-5-7-16(8-6-15)18-10-9-17(19(21)13-18)11-12-20(22,23)24/h9-10,13-16H,3-8H2,1-2H3. The van der Waals surface area contributed by atoms with E-state index in [0.29, 0.717) is 10.9 Å². The van der Waals surface area contributed by atoms with Crippen molar-refractivity contribution in [1.82, 2.24) is 0 Å². The molecular formula is C20H24ClF3. The lowest BCUT2D eigenvalue weighted by atomic mass is 9.73. The number of rotatable bonds is 4. The largest absolute Gasteiger partial charge is 0.458 e. The van der Waals surface area contributed by atoms with E-state index in [1.54, 1.807) is 12.1 Å². The molecule has 1 aromatic carbocycles. The summed E-state index contributed by atoms with van der Waals surface area (Å²) in [6.45, 7) is 4.58. The Morgan fingerprint density at radius 1 is 1.21 bits per heavy atom. The minimum Gasteiger partial charge on any atom is -0.159 e. The zero-order chi connectivity index (χ0) is 17.7. The molecule has 0 saturated heterocycles. The molecule has 4 heteroatoms. The van der Waals surface area contributed by atoms with Crippen LogP contribution in [0.5, 0.6) is 0 Å². The highest BCUT2D eigenvalue weighted by molar-refractivity contribution is 6.31. The van der Waals surface area contributed by atoms with E-state index in [2.05, 4.69) is 19.8 Å². The predicted molar refractivity (Wildman–Crippen MR) is 93.2 cm³/mol. The van der Waals surface area contributed by atoms with Crippen molar-refractivity contribution in [2.24, 2.45) is 11.8 Å². The summed E-state index contributed by atoms with van der Waals surface area (Å²) in [5.41, 5.74) is 1.36. The van der Waals surface area contributed by atoms with Crippen LogP contribution in [0.15, 0.2) is 18.2 Å². The van der Waals surface area contributed by atoms with Gasteiger partial charge >= 0.3 is 6.18 Å². The number of halogens is 4. The van der Waals surface area contributed by atoms with Gasteiger partial charge in [-0.15, -0.1) is 0 Å². The van der Waals surface area contributed by atoms with Crippen LogP contribution in [-0.4, -0.2) is 6.18 Å². The first-order chi connectivity index (χ1) is 11.3. The third kappa shape index (κ3) is 5.45. The van der Waals surface area contributed by atoms with Crippen LogP contribution in [-0.2, 0) is 0 Å². The van der Waals surface area contributed by atoms with Crippen LogP contribution in [0.2, 0.25) is 5.02 Å². The fourth-order valence-electron chi connectivity index (χ4n) is 3.74. The van der Waals surface area contributed by atoms with Crippen molar-refractivity contribution < 1.29 is 13.2 Å². The summed E-state index contributed by atoms with van der Waals surface area (Å²) < 4.78 is 36.5. The minimum absolute atomic E-state index is 0.239. The Hall–Kier alpha value is -1.14. The lowest BCUT2D eigenvalue weighted by molar-refractivity contribution is -0.0696. The average molecular weight is 357 g/mol. The van der Waals surface area contributed by atoms with Gasteiger partial charge in [0.15, 0.2) is 0 Å². The van der Waals surface area contributed by atoms with Crippen LogP contribution in [0.25, 0.3) is 0 Å². The predicted octanol–water partition coefficient (Wildman–Crippen LogP) is 6.96. The third-order valence-electron chi connectivity index (χ3n) is 5.12. The molecule has 1 atom stereocenters. The maximum atomic E-state index is 12.2. The Morgan fingerprint density at radius 2 is 1.88 bits per heavy atom. The monoisotopic (exact) mass is 356 g/mol. The van der Waals surface area contributed by atoms with Crippen molar-refractivity contribution in [3.05, 3.63) is 34.3 Å². The fourth-order valence-corrected chi connectivity index (χ4v) is 3.97. The molecule has 0 spiro atoms. The van der Waals surface area contributed by atoms with Crippen molar-refractivity contribution in [1.29, 1.82) is 0 Å². The number of alkyl halides is 3. The minimum atomic E-state index is -4.49. The summed E-state index contributed by atoms with van der Waals surface area (Å²) in [5, 5.41) is 0.311. The maximum absolute atomic E-state index is 12.2. The molecule has 1 aromatic rings. The van der Waals surface area contributed by atoms with E-state index in [0.717, 1.165) is 30.2 Å². The first-order valence-electron chi connectivity index (χ1n) is 8.69. The van der Waals surface area contributed by atoms with Gasteiger partial charge < -0.3 is 0 Å². The van der Waals surface area contributed by atoms with Crippen LogP contribution < -0.4 is 0 Å². The van der Waals surface area contributed by atoms with Crippen LogP contribution >= 0.6 is 11.6 Å². The van der Waals surface area contributed by atoms with Gasteiger partial charge in [0.1, 0.15) is 0 Å². The Morgan fingerprint density at radius 3 is 2.42 bits per heavy atom.